The van der Waals surface area contributed by atoms with E-state index in [0.717, 1.165) is 11.1 Å². The van der Waals surface area contributed by atoms with Gasteiger partial charge in [-0.15, -0.1) is 0 Å². The van der Waals surface area contributed by atoms with Crippen LogP contribution in [0.15, 0.2) is 48.5 Å². The molecule has 30 heavy (non-hydrogen) atoms. The lowest BCUT2D eigenvalue weighted by Crippen LogP contribution is -2.29. The Bertz CT molecular complexity index is 844. The molecule has 7 heteroatoms. The number of hydrogen-bond donors (Lipinski definition) is 2. The highest BCUT2D eigenvalue weighted by Gasteiger charge is 2.20. The van der Waals surface area contributed by atoms with Crippen LogP contribution in [0.1, 0.15) is 25.0 Å². The molecule has 2 rings (SSSR count). The van der Waals surface area contributed by atoms with E-state index in [4.69, 9.17) is 19.5 Å². The van der Waals surface area contributed by atoms with Crippen LogP contribution in [-0.4, -0.2) is 47.7 Å². The summed E-state index contributed by atoms with van der Waals surface area (Å²) in [6, 6.07) is 16.2. The van der Waals surface area contributed by atoms with Gasteiger partial charge in [0, 0.05) is 6.42 Å². The molecule has 0 radical (unpaired) electrons. The summed E-state index contributed by atoms with van der Waals surface area (Å²) in [6.07, 6.45) is -1.41. The van der Waals surface area contributed by atoms with E-state index in [1.54, 1.807) is 56.3 Å². The molecule has 0 aliphatic rings. The molecule has 0 heterocycles. The zero-order valence-corrected chi connectivity index (χ0v) is 17.2. The number of aliphatic hydroxyl groups is 1. The van der Waals surface area contributed by atoms with Crippen LogP contribution in [0, 0.1) is 11.3 Å². The predicted molar refractivity (Wildman–Crippen MR) is 111 cm³/mol. The van der Waals surface area contributed by atoms with Crippen molar-refractivity contribution in [1.29, 1.82) is 5.26 Å². The summed E-state index contributed by atoms with van der Waals surface area (Å²) in [5.41, 5.74) is 1.67. The van der Waals surface area contributed by atoms with Gasteiger partial charge in [0.2, 0.25) is 0 Å². The quantitative estimate of drug-likeness (QED) is 0.550. The Kier molecular flexibility index (Phi) is 9.13. The second-order valence-corrected chi connectivity index (χ2v) is 7.12. The van der Waals surface area contributed by atoms with Crippen molar-refractivity contribution in [3.8, 4) is 17.6 Å². The van der Waals surface area contributed by atoms with Crippen LogP contribution in [-0.2, 0) is 22.4 Å². The van der Waals surface area contributed by atoms with Crippen molar-refractivity contribution in [3.05, 3.63) is 59.7 Å². The number of aliphatic carboxylic acids is 1. The van der Waals surface area contributed by atoms with Gasteiger partial charge in [0.05, 0.1) is 18.6 Å². The number of rotatable bonds is 12. The second kappa shape index (κ2) is 11.8. The number of aliphatic hydroxyl groups excluding tert-OH is 1. The molecule has 2 unspecified atom stereocenters. The number of hydrogen-bond acceptors (Lipinski definition) is 6. The van der Waals surface area contributed by atoms with Crippen molar-refractivity contribution in [2.75, 3.05) is 13.2 Å². The van der Waals surface area contributed by atoms with Gasteiger partial charge in [-0.2, -0.15) is 5.26 Å². The van der Waals surface area contributed by atoms with E-state index < -0.39 is 18.2 Å². The van der Waals surface area contributed by atoms with Crippen LogP contribution < -0.4 is 9.47 Å². The van der Waals surface area contributed by atoms with Gasteiger partial charge in [-0.3, -0.25) is 0 Å². The zero-order chi connectivity index (χ0) is 21.9. The SMILES string of the molecule is CC(C)OC(Cc1cccc(OCC(O)COc2ccc(CC#N)cc2)c1)C(=O)O. The first kappa shape index (κ1) is 23.2. The topological polar surface area (TPSA) is 109 Å². The maximum Gasteiger partial charge on any atom is 0.333 e. The molecular weight excluding hydrogens is 386 g/mol. The van der Waals surface area contributed by atoms with Gasteiger partial charge in [0.1, 0.15) is 30.8 Å². The average molecular weight is 413 g/mol. The minimum atomic E-state index is -1.01. The molecule has 0 saturated heterocycles. The number of carboxylic acid groups (broad SMARTS) is 1. The first-order valence-electron chi connectivity index (χ1n) is 9.74. The maximum absolute atomic E-state index is 11.4. The number of benzene rings is 2. The first-order chi connectivity index (χ1) is 14.4. The number of nitriles is 1. The third-order valence-corrected chi connectivity index (χ3v) is 4.12. The van der Waals surface area contributed by atoms with Gasteiger partial charge in [-0.1, -0.05) is 24.3 Å². The van der Waals surface area contributed by atoms with Crippen molar-refractivity contribution >= 4 is 5.97 Å². The van der Waals surface area contributed by atoms with Crippen LogP contribution in [0.5, 0.6) is 11.5 Å². The molecule has 2 aromatic carbocycles. The molecular formula is C23H27NO6. The summed E-state index contributed by atoms with van der Waals surface area (Å²) in [5, 5.41) is 28.1. The molecule has 0 bridgehead atoms. The number of carbonyl (C=O) groups is 1. The second-order valence-electron chi connectivity index (χ2n) is 7.12. The lowest BCUT2D eigenvalue weighted by molar-refractivity contribution is -0.153. The fourth-order valence-electron chi connectivity index (χ4n) is 2.73. The van der Waals surface area contributed by atoms with Gasteiger partial charge in [0.25, 0.3) is 0 Å². The molecule has 2 aromatic rings. The fraction of sp³-hybridized carbons (Fsp3) is 0.391. The van der Waals surface area contributed by atoms with E-state index in [9.17, 15) is 15.0 Å². The highest BCUT2D eigenvalue weighted by molar-refractivity contribution is 5.72. The van der Waals surface area contributed by atoms with Crippen LogP contribution in [0.25, 0.3) is 0 Å². The van der Waals surface area contributed by atoms with E-state index in [2.05, 4.69) is 6.07 Å². The Morgan fingerprint density at radius 3 is 2.30 bits per heavy atom. The van der Waals surface area contributed by atoms with Crippen LogP contribution in [0.2, 0.25) is 0 Å². The lowest BCUT2D eigenvalue weighted by atomic mass is 10.1. The zero-order valence-electron chi connectivity index (χ0n) is 17.2. The van der Waals surface area contributed by atoms with Crippen molar-refractivity contribution in [3.63, 3.8) is 0 Å². The van der Waals surface area contributed by atoms with Gasteiger partial charge in [0.15, 0.2) is 6.10 Å². The molecule has 2 atom stereocenters. The third-order valence-electron chi connectivity index (χ3n) is 4.12. The summed E-state index contributed by atoms with van der Waals surface area (Å²) in [5.74, 6) is 0.118. The minimum Gasteiger partial charge on any atom is -0.491 e. The van der Waals surface area contributed by atoms with Gasteiger partial charge < -0.3 is 24.4 Å². The molecule has 7 nitrogen and oxygen atoms in total. The van der Waals surface area contributed by atoms with Gasteiger partial charge in [-0.25, -0.2) is 4.79 Å². The lowest BCUT2D eigenvalue weighted by Gasteiger charge is -2.17. The highest BCUT2D eigenvalue weighted by atomic mass is 16.5. The van der Waals surface area contributed by atoms with Crippen LogP contribution >= 0.6 is 0 Å². The number of nitrogens with zero attached hydrogens (tertiary/aromatic N) is 1. The molecule has 0 aliphatic carbocycles. The molecule has 0 aliphatic heterocycles. The molecule has 0 aromatic heterocycles. The highest BCUT2D eigenvalue weighted by Crippen LogP contribution is 2.17. The molecule has 160 valence electrons. The van der Waals surface area contributed by atoms with E-state index in [0.29, 0.717) is 17.9 Å². The summed E-state index contributed by atoms with van der Waals surface area (Å²) in [7, 11) is 0. The summed E-state index contributed by atoms with van der Waals surface area (Å²) in [4.78, 5) is 11.4. The summed E-state index contributed by atoms with van der Waals surface area (Å²) >= 11 is 0. The summed E-state index contributed by atoms with van der Waals surface area (Å²) in [6.45, 7) is 3.67. The Morgan fingerprint density at radius 1 is 1.03 bits per heavy atom. The smallest absolute Gasteiger partial charge is 0.333 e. The monoisotopic (exact) mass is 413 g/mol. The molecule has 2 N–H and O–H groups in total. The fourth-order valence-corrected chi connectivity index (χ4v) is 2.73. The molecule has 0 fully saturated rings. The number of ether oxygens (including phenoxy) is 3. The summed E-state index contributed by atoms with van der Waals surface area (Å²) < 4.78 is 16.6. The number of carboxylic acids is 1. The third kappa shape index (κ3) is 8.11. The van der Waals surface area contributed by atoms with Crippen molar-refractivity contribution in [2.24, 2.45) is 0 Å². The van der Waals surface area contributed by atoms with E-state index in [1.165, 1.54) is 0 Å². The Labute approximate surface area is 176 Å². The Balaban J connectivity index is 1.83. The molecule has 0 amide bonds. The molecule has 0 saturated carbocycles. The predicted octanol–water partition coefficient (Wildman–Crippen LogP) is 2.99. The Hall–Kier alpha value is -3.08. The van der Waals surface area contributed by atoms with Gasteiger partial charge in [-0.05, 0) is 49.2 Å². The maximum atomic E-state index is 11.4. The van der Waals surface area contributed by atoms with Crippen LogP contribution in [0.4, 0.5) is 0 Å². The standard InChI is InChI=1S/C23H27NO6/c1-16(2)30-22(23(26)27)13-18-4-3-5-21(12-18)29-15-19(25)14-28-20-8-6-17(7-9-20)10-11-24/h3-9,12,16,19,22,25H,10,13-15H2,1-2H3,(H,26,27). The Morgan fingerprint density at radius 2 is 1.70 bits per heavy atom. The largest absolute Gasteiger partial charge is 0.491 e. The van der Waals surface area contributed by atoms with E-state index in [-0.39, 0.29) is 25.7 Å². The normalized spacial score (nSPS) is 12.8. The van der Waals surface area contributed by atoms with Crippen molar-refractivity contribution in [2.45, 2.75) is 45.0 Å². The van der Waals surface area contributed by atoms with E-state index >= 15 is 0 Å². The first-order valence-corrected chi connectivity index (χ1v) is 9.74. The van der Waals surface area contributed by atoms with Gasteiger partial charge >= 0.3 is 5.97 Å². The van der Waals surface area contributed by atoms with E-state index in [1.807, 2.05) is 6.07 Å². The molecule has 0 spiro atoms. The minimum absolute atomic E-state index is 0.0286. The van der Waals surface area contributed by atoms with Crippen molar-refractivity contribution in [1.82, 2.24) is 0 Å². The van der Waals surface area contributed by atoms with Crippen molar-refractivity contribution < 1.29 is 29.2 Å². The average Bonchev–Trinajstić information content (AvgIpc) is 2.71. The van der Waals surface area contributed by atoms with Crippen LogP contribution in [0.3, 0.4) is 0 Å².